The predicted molar refractivity (Wildman–Crippen MR) is 118 cm³/mol. The Morgan fingerprint density at radius 1 is 1.18 bits per heavy atom. The minimum absolute atomic E-state index is 0. The molecule has 3 rings (SSSR count). The molecule has 2 aromatic rings. The molecule has 1 aliphatic rings. The zero-order valence-electron chi connectivity index (χ0n) is 16.0. The highest BCUT2D eigenvalue weighted by atomic mass is 35.5. The van der Waals surface area contributed by atoms with Crippen LogP contribution in [0.2, 0.25) is 0 Å². The highest BCUT2D eigenvalue weighted by Gasteiger charge is 2.27. The van der Waals surface area contributed by atoms with Crippen molar-refractivity contribution in [3.8, 4) is 0 Å². The van der Waals surface area contributed by atoms with Gasteiger partial charge in [-0.2, -0.15) is 0 Å². The van der Waals surface area contributed by atoms with Gasteiger partial charge in [0.15, 0.2) is 0 Å². The number of carbonyl (C=O) groups excluding carboxylic acids is 1. The van der Waals surface area contributed by atoms with Gasteiger partial charge in [-0.3, -0.25) is 9.69 Å². The first-order valence-electron chi connectivity index (χ1n) is 9.09. The third-order valence-electron chi connectivity index (χ3n) is 5.07. The number of nitrogens with two attached hydrogens (primary N) is 1. The first-order chi connectivity index (χ1) is 12.5. The van der Waals surface area contributed by atoms with Crippen LogP contribution in [0.25, 0.3) is 0 Å². The van der Waals surface area contributed by atoms with E-state index >= 15 is 0 Å². The molecular weight excluding hydrogens is 397 g/mol. The van der Waals surface area contributed by atoms with E-state index in [2.05, 4.69) is 29.0 Å². The number of β-amino-alcohol motifs (C(OH)–C–C–N with tert-alkyl or cyclic N) is 1. The van der Waals surface area contributed by atoms with E-state index in [9.17, 15) is 9.90 Å². The number of aliphatic hydroxyl groups excluding tert-OH is 1. The van der Waals surface area contributed by atoms with Crippen molar-refractivity contribution in [2.75, 3.05) is 31.6 Å². The quantitative estimate of drug-likeness (QED) is 0.715. The number of aliphatic hydroxyl groups is 1. The number of hydrogen-bond acceptors (Lipinski definition) is 4. The zero-order valence-corrected chi connectivity index (χ0v) is 17.7. The van der Waals surface area contributed by atoms with Crippen molar-refractivity contribution in [3.63, 3.8) is 0 Å². The number of halogens is 2. The van der Waals surface area contributed by atoms with Crippen molar-refractivity contribution in [2.24, 2.45) is 5.73 Å². The summed E-state index contributed by atoms with van der Waals surface area (Å²) >= 11 is 0. The lowest BCUT2D eigenvalue weighted by Crippen LogP contribution is -2.36. The number of amides is 1. The predicted octanol–water partition coefficient (Wildman–Crippen LogP) is 2.80. The molecule has 0 unspecified atom stereocenters. The summed E-state index contributed by atoms with van der Waals surface area (Å²) in [4.78, 5) is 16.0. The number of likely N-dealkylation sites (N-methyl/N-ethyl adjacent to an activating group) is 1. The molecule has 3 N–H and O–H groups in total. The molecule has 0 aromatic heterocycles. The van der Waals surface area contributed by atoms with E-state index in [4.69, 9.17) is 5.73 Å². The van der Waals surface area contributed by atoms with Crippen LogP contribution >= 0.6 is 24.8 Å². The van der Waals surface area contributed by atoms with Crippen molar-refractivity contribution in [1.82, 2.24) is 4.90 Å². The van der Waals surface area contributed by atoms with Gasteiger partial charge >= 0.3 is 0 Å². The molecule has 2 atom stereocenters. The van der Waals surface area contributed by atoms with Gasteiger partial charge in [-0.1, -0.05) is 48.5 Å². The number of carbonyl (C=O) groups is 1. The van der Waals surface area contributed by atoms with Gasteiger partial charge in [0.2, 0.25) is 5.91 Å². The van der Waals surface area contributed by atoms with Crippen molar-refractivity contribution in [1.29, 1.82) is 0 Å². The van der Waals surface area contributed by atoms with E-state index in [1.165, 1.54) is 5.56 Å². The average Bonchev–Trinajstić information content (AvgIpc) is 3.05. The number of nitrogens with zero attached hydrogens (tertiary/aromatic N) is 2. The van der Waals surface area contributed by atoms with Crippen molar-refractivity contribution < 1.29 is 9.90 Å². The first kappa shape index (κ1) is 24.2. The van der Waals surface area contributed by atoms with Gasteiger partial charge in [0.05, 0.1) is 18.6 Å². The van der Waals surface area contributed by atoms with E-state index in [-0.39, 0.29) is 49.3 Å². The first-order valence-corrected chi connectivity index (χ1v) is 9.09. The summed E-state index contributed by atoms with van der Waals surface area (Å²) in [5.41, 5.74) is 8.60. The summed E-state index contributed by atoms with van der Waals surface area (Å²) in [6.07, 6.45) is 0.812. The van der Waals surface area contributed by atoms with E-state index in [0.29, 0.717) is 6.54 Å². The molecule has 0 aliphatic carbocycles. The van der Waals surface area contributed by atoms with Crippen LogP contribution in [0, 0.1) is 0 Å². The molecule has 1 aliphatic heterocycles. The van der Waals surface area contributed by atoms with Crippen molar-refractivity contribution in [3.05, 3.63) is 65.7 Å². The molecule has 0 radical (unpaired) electrons. The lowest BCUT2D eigenvalue weighted by Gasteiger charge is -2.34. The Morgan fingerprint density at radius 3 is 2.43 bits per heavy atom. The molecular formula is C21H29Cl2N3O2. The Labute approximate surface area is 179 Å². The van der Waals surface area contributed by atoms with Crippen LogP contribution in [0.4, 0.5) is 5.69 Å². The Balaban J connectivity index is 0.00000196. The monoisotopic (exact) mass is 425 g/mol. The fraction of sp³-hybridized carbons (Fsp3) is 0.381. The van der Waals surface area contributed by atoms with Crippen molar-refractivity contribution >= 4 is 36.4 Å². The second-order valence-corrected chi connectivity index (χ2v) is 7.01. The Hall–Kier alpha value is -1.79. The highest BCUT2D eigenvalue weighted by Crippen LogP contribution is 2.30. The van der Waals surface area contributed by atoms with Gasteiger partial charge in [-0.05, 0) is 23.6 Å². The molecule has 0 saturated carbocycles. The smallest absolute Gasteiger partial charge is 0.221 e. The van der Waals surface area contributed by atoms with Crippen LogP contribution in [0.5, 0.6) is 0 Å². The van der Waals surface area contributed by atoms with E-state index in [0.717, 1.165) is 30.8 Å². The summed E-state index contributed by atoms with van der Waals surface area (Å²) in [6.45, 7) is 2.43. The third kappa shape index (κ3) is 6.11. The maximum Gasteiger partial charge on any atom is 0.221 e. The number of hydrogen-bond donors (Lipinski definition) is 2. The van der Waals surface area contributed by atoms with E-state index < -0.39 is 0 Å². The lowest BCUT2D eigenvalue weighted by atomic mass is 10.0. The zero-order chi connectivity index (χ0) is 18.5. The number of likely N-dealkylation sites (tertiary alicyclic amines) is 1. The SMILES string of the molecule is CN(c1ccccc1CC(N)=O)[C@H](CN1CC[C@H](O)C1)c1ccccc1.Cl.Cl. The summed E-state index contributed by atoms with van der Waals surface area (Å²) in [5, 5.41) is 9.88. The van der Waals surface area contributed by atoms with Crippen LogP contribution in [-0.4, -0.2) is 48.7 Å². The molecule has 1 heterocycles. The lowest BCUT2D eigenvalue weighted by molar-refractivity contribution is -0.117. The van der Waals surface area contributed by atoms with Crippen LogP contribution < -0.4 is 10.6 Å². The van der Waals surface area contributed by atoms with Gasteiger partial charge in [0.1, 0.15) is 0 Å². The summed E-state index contributed by atoms with van der Waals surface area (Å²) in [5.74, 6) is -0.329. The van der Waals surface area contributed by atoms with Crippen LogP contribution in [0.15, 0.2) is 54.6 Å². The number of primary amides is 1. The molecule has 1 amide bonds. The largest absolute Gasteiger partial charge is 0.392 e. The number of rotatable bonds is 7. The number of anilines is 1. The Bertz CT molecular complexity index is 745. The van der Waals surface area contributed by atoms with Gasteiger partial charge in [-0.25, -0.2) is 0 Å². The van der Waals surface area contributed by atoms with Gasteiger partial charge in [0.25, 0.3) is 0 Å². The maximum atomic E-state index is 11.5. The molecule has 1 saturated heterocycles. The minimum atomic E-state index is -0.329. The Kier molecular flexibility index (Phi) is 9.76. The molecule has 5 nitrogen and oxygen atoms in total. The van der Waals surface area contributed by atoms with Crippen LogP contribution in [-0.2, 0) is 11.2 Å². The summed E-state index contributed by atoms with van der Waals surface area (Å²) in [6, 6.07) is 18.4. The molecule has 2 aromatic carbocycles. The van der Waals surface area contributed by atoms with Crippen LogP contribution in [0.1, 0.15) is 23.6 Å². The molecule has 0 bridgehead atoms. The topological polar surface area (TPSA) is 69.8 Å². The fourth-order valence-corrected chi connectivity index (χ4v) is 3.71. The average molecular weight is 426 g/mol. The fourth-order valence-electron chi connectivity index (χ4n) is 3.71. The highest BCUT2D eigenvalue weighted by molar-refractivity contribution is 5.85. The number of benzene rings is 2. The summed E-state index contributed by atoms with van der Waals surface area (Å²) < 4.78 is 0. The third-order valence-corrected chi connectivity index (χ3v) is 5.07. The second kappa shape index (κ2) is 11.3. The number of para-hydroxylation sites is 1. The van der Waals surface area contributed by atoms with Crippen molar-refractivity contribution in [2.45, 2.75) is 25.0 Å². The van der Waals surface area contributed by atoms with Gasteiger partial charge in [-0.15, -0.1) is 24.8 Å². The van der Waals surface area contributed by atoms with Crippen LogP contribution in [0.3, 0.4) is 0 Å². The molecule has 1 fully saturated rings. The minimum Gasteiger partial charge on any atom is -0.392 e. The molecule has 7 heteroatoms. The Morgan fingerprint density at radius 2 is 1.82 bits per heavy atom. The van der Waals surface area contributed by atoms with E-state index in [1.807, 2.05) is 42.5 Å². The maximum absolute atomic E-state index is 11.5. The van der Waals surface area contributed by atoms with E-state index in [1.54, 1.807) is 0 Å². The van der Waals surface area contributed by atoms with Gasteiger partial charge in [0, 0.05) is 32.4 Å². The summed E-state index contributed by atoms with van der Waals surface area (Å²) in [7, 11) is 2.06. The normalized spacial score (nSPS) is 17.3. The second-order valence-electron chi connectivity index (χ2n) is 7.01. The molecule has 0 spiro atoms. The standard InChI is InChI=1S/C21H27N3O2.2ClH/c1-23(19-10-6-5-9-17(19)13-21(22)26)20(16-7-3-2-4-8-16)15-24-12-11-18(25)14-24;;/h2-10,18,20,25H,11-15H2,1H3,(H2,22,26);2*1H/t18-,20+;;/m0../s1. The molecule has 154 valence electrons. The molecule has 28 heavy (non-hydrogen) atoms. The van der Waals surface area contributed by atoms with Gasteiger partial charge < -0.3 is 15.7 Å².